The third kappa shape index (κ3) is 12.4. The number of unbranched alkanes of at least 4 members (excludes halogenated alkanes) is 5. The first-order chi connectivity index (χ1) is 20.1. The molecule has 0 aliphatic rings. The van der Waals surface area contributed by atoms with Gasteiger partial charge in [0.25, 0.3) is 0 Å². The second kappa shape index (κ2) is 16.5. The van der Waals surface area contributed by atoms with E-state index in [-0.39, 0.29) is 18.2 Å². The van der Waals surface area contributed by atoms with Crippen LogP contribution in [-0.2, 0) is 20.7 Å². The van der Waals surface area contributed by atoms with Crippen LogP contribution < -0.4 is 10.6 Å². The van der Waals surface area contributed by atoms with Crippen LogP contribution in [0.5, 0.6) is 0 Å². The molecule has 2 N–H and O–H groups in total. The molecule has 0 bridgehead atoms. The predicted molar refractivity (Wildman–Crippen MR) is 175 cm³/mol. The Labute approximate surface area is 260 Å². The summed E-state index contributed by atoms with van der Waals surface area (Å²) in [7, 11) is 0. The highest BCUT2D eigenvalue weighted by Gasteiger charge is 2.38. The maximum absolute atomic E-state index is 14.7. The number of hydrogen-bond donors (Lipinski definition) is 2. The number of carbonyl (C=O) groups excluding carboxylic acids is 3. The molecule has 2 unspecified atom stereocenters. The molecule has 7 heteroatoms. The van der Waals surface area contributed by atoms with Gasteiger partial charge in [-0.05, 0) is 84.1 Å². The van der Waals surface area contributed by atoms with Crippen LogP contribution in [-0.4, -0.2) is 46.5 Å². The minimum Gasteiger partial charge on any atom is -0.444 e. The van der Waals surface area contributed by atoms with Crippen molar-refractivity contribution in [2.45, 2.75) is 130 Å². The van der Waals surface area contributed by atoms with Gasteiger partial charge in [-0.1, -0.05) is 87.6 Å². The predicted octanol–water partition coefficient (Wildman–Crippen LogP) is 7.58. The number of aryl methyl sites for hydroxylation is 1. The van der Waals surface area contributed by atoms with E-state index in [0.717, 1.165) is 54.4 Å². The first-order valence-corrected chi connectivity index (χ1v) is 15.8. The molecule has 238 valence electrons. The van der Waals surface area contributed by atoms with Crippen molar-refractivity contribution in [1.29, 1.82) is 0 Å². The van der Waals surface area contributed by atoms with Gasteiger partial charge in [-0.3, -0.25) is 9.59 Å². The number of alkyl carbamates (subject to hydrolysis) is 1. The number of rotatable bonds is 14. The number of ether oxygens (including phenoxy) is 1. The Morgan fingerprint density at radius 1 is 0.837 bits per heavy atom. The minimum atomic E-state index is -0.924. The first kappa shape index (κ1) is 35.8. The molecular formula is C36H55N3O4. The van der Waals surface area contributed by atoms with Gasteiger partial charge in [0.05, 0.1) is 0 Å². The summed E-state index contributed by atoms with van der Waals surface area (Å²) in [5, 5.41) is 5.99. The standard InChI is InChI=1S/C36H55N3O4/c1-10-11-12-13-14-18-24-39(31(32(40)38-35(4,5)6)29-23-19-20-26(2)27(29)3)33(41)30(25-28-21-16-15-17-22-28)37-34(42)43-36(7,8)9/h15-17,19-23,30-31H,10-14,18,24-25H2,1-9H3,(H,37,42)(H,38,40). The second-order valence-electron chi connectivity index (χ2n) is 13.6. The van der Waals surface area contributed by atoms with Gasteiger partial charge in [0.2, 0.25) is 11.8 Å². The minimum absolute atomic E-state index is 0.240. The van der Waals surface area contributed by atoms with Gasteiger partial charge in [0.15, 0.2) is 0 Å². The zero-order valence-electron chi connectivity index (χ0n) is 28.0. The molecule has 2 aromatic rings. The van der Waals surface area contributed by atoms with Gasteiger partial charge in [-0.2, -0.15) is 0 Å². The van der Waals surface area contributed by atoms with Crippen molar-refractivity contribution < 1.29 is 19.1 Å². The van der Waals surface area contributed by atoms with E-state index in [4.69, 9.17) is 4.74 Å². The highest BCUT2D eigenvalue weighted by molar-refractivity contribution is 5.92. The van der Waals surface area contributed by atoms with Crippen LogP contribution in [0.25, 0.3) is 0 Å². The van der Waals surface area contributed by atoms with Crippen LogP contribution in [0.4, 0.5) is 4.79 Å². The zero-order valence-corrected chi connectivity index (χ0v) is 28.0. The molecule has 2 rings (SSSR count). The monoisotopic (exact) mass is 593 g/mol. The fourth-order valence-electron chi connectivity index (χ4n) is 5.09. The first-order valence-electron chi connectivity index (χ1n) is 15.8. The van der Waals surface area contributed by atoms with E-state index in [1.807, 2.05) is 83.1 Å². The number of carbonyl (C=O) groups is 3. The molecule has 0 radical (unpaired) electrons. The molecule has 7 nitrogen and oxygen atoms in total. The van der Waals surface area contributed by atoms with Gasteiger partial charge in [0.1, 0.15) is 17.7 Å². The second-order valence-corrected chi connectivity index (χ2v) is 13.6. The van der Waals surface area contributed by atoms with Crippen LogP contribution in [0.15, 0.2) is 48.5 Å². The molecule has 0 aliphatic heterocycles. The summed E-state index contributed by atoms with van der Waals surface area (Å²) in [5.74, 6) is -0.547. The Morgan fingerprint density at radius 2 is 1.47 bits per heavy atom. The average Bonchev–Trinajstić information content (AvgIpc) is 2.90. The average molecular weight is 594 g/mol. The number of hydrogen-bond acceptors (Lipinski definition) is 4. The Bertz CT molecular complexity index is 1180. The lowest BCUT2D eigenvalue weighted by Crippen LogP contribution is -2.55. The maximum Gasteiger partial charge on any atom is 0.408 e. The summed E-state index contributed by atoms with van der Waals surface area (Å²) in [6.07, 6.45) is 5.87. The van der Waals surface area contributed by atoms with Crippen molar-refractivity contribution in [3.05, 3.63) is 70.8 Å². The molecule has 0 aromatic heterocycles. The molecule has 2 atom stereocenters. The molecule has 0 saturated carbocycles. The van der Waals surface area contributed by atoms with Crippen LogP contribution in [0, 0.1) is 13.8 Å². The quantitative estimate of drug-likeness (QED) is 0.221. The summed E-state index contributed by atoms with van der Waals surface area (Å²) >= 11 is 0. The number of amides is 3. The third-order valence-electron chi connectivity index (χ3n) is 7.31. The van der Waals surface area contributed by atoms with Gasteiger partial charge >= 0.3 is 6.09 Å². The van der Waals surface area contributed by atoms with Gasteiger partial charge in [-0.25, -0.2) is 4.79 Å². The molecular weight excluding hydrogens is 538 g/mol. The van der Waals surface area contributed by atoms with Crippen molar-refractivity contribution in [3.63, 3.8) is 0 Å². The van der Waals surface area contributed by atoms with E-state index >= 15 is 0 Å². The molecule has 2 aromatic carbocycles. The molecule has 0 spiro atoms. The fraction of sp³-hybridized carbons (Fsp3) is 0.583. The molecule has 0 saturated heterocycles. The van der Waals surface area contributed by atoms with E-state index in [1.54, 1.807) is 25.7 Å². The maximum atomic E-state index is 14.7. The van der Waals surface area contributed by atoms with Crippen molar-refractivity contribution in [2.75, 3.05) is 6.54 Å². The van der Waals surface area contributed by atoms with Crippen LogP contribution in [0.1, 0.15) is 115 Å². The lowest BCUT2D eigenvalue weighted by Gasteiger charge is -2.37. The van der Waals surface area contributed by atoms with Crippen molar-refractivity contribution in [2.24, 2.45) is 0 Å². The van der Waals surface area contributed by atoms with E-state index in [2.05, 4.69) is 17.6 Å². The lowest BCUT2D eigenvalue weighted by atomic mass is 9.93. The zero-order chi connectivity index (χ0) is 32.2. The fourth-order valence-corrected chi connectivity index (χ4v) is 5.09. The van der Waals surface area contributed by atoms with Crippen molar-refractivity contribution in [3.8, 4) is 0 Å². The topological polar surface area (TPSA) is 87.7 Å². The summed E-state index contributed by atoms with van der Waals surface area (Å²) in [6, 6.07) is 13.7. The number of benzene rings is 2. The molecule has 43 heavy (non-hydrogen) atoms. The van der Waals surface area contributed by atoms with Crippen LogP contribution in [0.3, 0.4) is 0 Å². The Balaban J connectivity index is 2.59. The summed E-state index contributed by atoms with van der Waals surface area (Å²) in [6.45, 7) is 17.8. The van der Waals surface area contributed by atoms with Crippen LogP contribution >= 0.6 is 0 Å². The van der Waals surface area contributed by atoms with Crippen molar-refractivity contribution in [1.82, 2.24) is 15.5 Å². The van der Waals surface area contributed by atoms with E-state index < -0.39 is 29.3 Å². The summed E-state index contributed by atoms with van der Waals surface area (Å²) in [5.41, 5.74) is 2.48. The summed E-state index contributed by atoms with van der Waals surface area (Å²) < 4.78 is 5.57. The Morgan fingerprint density at radius 3 is 2.07 bits per heavy atom. The lowest BCUT2D eigenvalue weighted by molar-refractivity contribution is -0.143. The Hall–Kier alpha value is -3.35. The summed E-state index contributed by atoms with van der Waals surface area (Å²) in [4.78, 5) is 43.5. The van der Waals surface area contributed by atoms with Gasteiger partial charge in [-0.15, -0.1) is 0 Å². The molecule has 0 aliphatic carbocycles. The van der Waals surface area contributed by atoms with Gasteiger partial charge < -0.3 is 20.3 Å². The normalized spacial score (nSPS) is 13.1. The smallest absolute Gasteiger partial charge is 0.408 e. The van der Waals surface area contributed by atoms with Gasteiger partial charge in [0, 0.05) is 18.5 Å². The largest absolute Gasteiger partial charge is 0.444 e. The third-order valence-corrected chi connectivity index (χ3v) is 7.31. The van der Waals surface area contributed by atoms with E-state index in [1.165, 1.54) is 6.42 Å². The van der Waals surface area contributed by atoms with E-state index in [9.17, 15) is 14.4 Å². The Kier molecular flexibility index (Phi) is 13.7. The SMILES string of the molecule is CCCCCCCCN(C(=O)C(Cc1ccccc1)NC(=O)OC(C)(C)C)C(C(=O)NC(C)(C)C)c1cccc(C)c1C. The molecule has 0 heterocycles. The van der Waals surface area contributed by atoms with E-state index in [0.29, 0.717) is 6.54 Å². The number of nitrogens with zero attached hydrogens (tertiary/aromatic N) is 1. The highest BCUT2D eigenvalue weighted by atomic mass is 16.6. The molecule has 3 amide bonds. The van der Waals surface area contributed by atoms with Crippen molar-refractivity contribution >= 4 is 17.9 Å². The van der Waals surface area contributed by atoms with Crippen LogP contribution in [0.2, 0.25) is 0 Å². The number of nitrogens with one attached hydrogen (secondary N) is 2. The highest BCUT2D eigenvalue weighted by Crippen LogP contribution is 2.29. The molecule has 0 fully saturated rings.